The number of benzene rings is 1. The van der Waals surface area contributed by atoms with Crippen molar-refractivity contribution in [2.24, 2.45) is 0 Å². The fourth-order valence-electron chi connectivity index (χ4n) is 2.06. The van der Waals surface area contributed by atoms with Crippen molar-refractivity contribution in [1.82, 2.24) is 15.2 Å². The van der Waals surface area contributed by atoms with Gasteiger partial charge in [-0.1, -0.05) is 12.1 Å². The zero-order chi connectivity index (χ0) is 14.5. The molecule has 0 aliphatic heterocycles. The number of ether oxygens (including phenoxy) is 2. The fourth-order valence-corrected chi connectivity index (χ4v) is 2.06. The minimum atomic E-state index is -0.301. The maximum atomic E-state index is 5.24. The Morgan fingerprint density at radius 2 is 2.00 bits per heavy atom. The molecule has 0 saturated heterocycles. The third kappa shape index (κ3) is 3.34. The first kappa shape index (κ1) is 14.5. The monoisotopic (exact) mass is 276 g/mol. The average molecular weight is 276 g/mol. The first-order chi connectivity index (χ1) is 9.63. The fraction of sp³-hybridized carbons (Fsp3) is 0.429. The molecular formula is C14H20N4O2. The van der Waals surface area contributed by atoms with Gasteiger partial charge in [-0.3, -0.25) is 5.10 Å². The molecule has 1 atom stereocenters. The zero-order valence-electron chi connectivity index (χ0n) is 12.2. The van der Waals surface area contributed by atoms with E-state index in [-0.39, 0.29) is 12.3 Å². The first-order valence-corrected chi connectivity index (χ1v) is 6.45. The van der Waals surface area contributed by atoms with Gasteiger partial charge in [0.15, 0.2) is 12.1 Å². The molecular weight excluding hydrogens is 256 g/mol. The lowest BCUT2D eigenvalue weighted by Crippen LogP contribution is -2.33. The predicted molar refractivity (Wildman–Crippen MR) is 77.4 cm³/mol. The molecule has 2 rings (SSSR count). The van der Waals surface area contributed by atoms with E-state index in [1.807, 2.05) is 38.1 Å². The second kappa shape index (κ2) is 6.49. The SMILES string of the molecule is COC(OC)C(C)Nc1cccc(-c2n[nH]c(C)n2)c1. The van der Waals surface area contributed by atoms with Crippen molar-refractivity contribution >= 4 is 5.69 Å². The van der Waals surface area contributed by atoms with E-state index in [0.717, 1.165) is 17.1 Å². The van der Waals surface area contributed by atoms with E-state index in [0.29, 0.717) is 5.82 Å². The summed E-state index contributed by atoms with van der Waals surface area (Å²) in [5, 5.41) is 10.3. The number of nitrogens with zero attached hydrogens (tertiary/aromatic N) is 2. The Balaban J connectivity index is 2.14. The highest BCUT2D eigenvalue weighted by atomic mass is 16.7. The van der Waals surface area contributed by atoms with Crippen LogP contribution in [0.15, 0.2) is 24.3 Å². The van der Waals surface area contributed by atoms with Crippen LogP contribution in [0.5, 0.6) is 0 Å². The molecule has 0 aliphatic rings. The molecule has 1 aromatic carbocycles. The van der Waals surface area contributed by atoms with Crippen molar-refractivity contribution in [2.45, 2.75) is 26.2 Å². The lowest BCUT2D eigenvalue weighted by atomic mass is 10.1. The van der Waals surface area contributed by atoms with Gasteiger partial charge in [0.2, 0.25) is 0 Å². The van der Waals surface area contributed by atoms with Crippen LogP contribution >= 0.6 is 0 Å². The Bertz CT molecular complexity index is 552. The third-order valence-electron chi connectivity index (χ3n) is 2.99. The molecule has 0 saturated carbocycles. The van der Waals surface area contributed by atoms with Gasteiger partial charge in [-0.25, -0.2) is 4.98 Å². The number of anilines is 1. The summed E-state index contributed by atoms with van der Waals surface area (Å²) in [7, 11) is 3.25. The largest absolute Gasteiger partial charge is 0.377 e. The number of aromatic amines is 1. The smallest absolute Gasteiger partial charge is 0.181 e. The van der Waals surface area contributed by atoms with Gasteiger partial charge in [0, 0.05) is 25.5 Å². The van der Waals surface area contributed by atoms with Gasteiger partial charge < -0.3 is 14.8 Å². The Labute approximate surface area is 118 Å². The number of H-pyrrole nitrogens is 1. The van der Waals surface area contributed by atoms with Crippen molar-refractivity contribution < 1.29 is 9.47 Å². The normalized spacial score (nSPS) is 12.7. The van der Waals surface area contributed by atoms with Crippen molar-refractivity contribution in [1.29, 1.82) is 0 Å². The zero-order valence-corrected chi connectivity index (χ0v) is 12.2. The van der Waals surface area contributed by atoms with Gasteiger partial charge in [-0.15, -0.1) is 0 Å². The van der Waals surface area contributed by atoms with Crippen LogP contribution in [-0.2, 0) is 9.47 Å². The van der Waals surface area contributed by atoms with E-state index in [9.17, 15) is 0 Å². The number of aryl methyl sites for hydroxylation is 1. The quantitative estimate of drug-likeness (QED) is 0.791. The number of aromatic nitrogens is 3. The molecule has 1 heterocycles. The maximum Gasteiger partial charge on any atom is 0.181 e. The summed E-state index contributed by atoms with van der Waals surface area (Å²) in [5.41, 5.74) is 1.93. The summed E-state index contributed by atoms with van der Waals surface area (Å²) in [5.74, 6) is 1.49. The van der Waals surface area contributed by atoms with Crippen LogP contribution in [0.3, 0.4) is 0 Å². The molecule has 108 valence electrons. The number of hydrogen-bond donors (Lipinski definition) is 2. The highest BCUT2D eigenvalue weighted by Crippen LogP contribution is 2.20. The first-order valence-electron chi connectivity index (χ1n) is 6.45. The molecule has 2 N–H and O–H groups in total. The van der Waals surface area contributed by atoms with Gasteiger partial charge in [0.1, 0.15) is 5.82 Å². The molecule has 0 aliphatic carbocycles. The lowest BCUT2D eigenvalue weighted by Gasteiger charge is -2.23. The van der Waals surface area contributed by atoms with Crippen LogP contribution in [0.1, 0.15) is 12.7 Å². The van der Waals surface area contributed by atoms with Gasteiger partial charge in [0.05, 0.1) is 6.04 Å². The van der Waals surface area contributed by atoms with Crippen molar-refractivity contribution in [2.75, 3.05) is 19.5 Å². The van der Waals surface area contributed by atoms with Gasteiger partial charge >= 0.3 is 0 Å². The van der Waals surface area contributed by atoms with E-state index in [1.165, 1.54) is 0 Å². The Morgan fingerprint density at radius 3 is 2.60 bits per heavy atom. The van der Waals surface area contributed by atoms with E-state index < -0.39 is 0 Å². The number of methoxy groups -OCH3 is 2. The van der Waals surface area contributed by atoms with Gasteiger partial charge in [0.25, 0.3) is 0 Å². The van der Waals surface area contributed by atoms with Crippen LogP contribution in [0.4, 0.5) is 5.69 Å². The van der Waals surface area contributed by atoms with Crippen LogP contribution in [-0.4, -0.2) is 41.7 Å². The van der Waals surface area contributed by atoms with E-state index in [2.05, 4.69) is 20.5 Å². The van der Waals surface area contributed by atoms with Crippen molar-refractivity contribution in [3.8, 4) is 11.4 Å². The third-order valence-corrected chi connectivity index (χ3v) is 2.99. The topological polar surface area (TPSA) is 72.1 Å². The summed E-state index contributed by atoms with van der Waals surface area (Å²) in [6.45, 7) is 3.88. The molecule has 6 heteroatoms. The summed E-state index contributed by atoms with van der Waals surface area (Å²) in [4.78, 5) is 4.32. The second-order valence-electron chi connectivity index (χ2n) is 4.60. The van der Waals surface area contributed by atoms with Crippen LogP contribution < -0.4 is 5.32 Å². The van der Waals surface area contributed by atoms with Crippen LogP contribution in [0, 0.1) is 6.92 Å². The standard InChI is InChI=1S/C14H20N4O2/c1-9(14(19-3)20-4)15-12-7-5-6-11(8-12)13-16-10(2)17-18-13/h5-9,14-15H,1-4H3,(H,16,17,18). The van der Waals surface area contributed by atoms with Crippen molar-refractivity contribution in [3.05, 3.63) is 30.1 Å². The lowest BCUT2D eigenvalue weighted by molar-refractivity contribution is -0.109. The molecule has 6 nitrogen and oxygen atoms in total. The highest BCUT2D eigenvalue weighted by molar-refractivity contribution is 5.62. The molecule has 1 unspecified atom stereocenters. The Hall–Kier alpha value is -1.92. The Kier molecular flexibility index (Phi) is 4.70. The minimum Gasteiger partial charge on any atom is -0.377 e. The summed E-state index contributed by atoms with van der Waals surface area (Å²) < 4.78 is 10.5. The maximum absolute atomic E-state index is 5.24. The molecule has 0 radical (unpaired) electrons. The highest BCUT2D eigenvalue weighted by Gasteiger charge is 2.15. The predicted octanol–water partition coefficient (Wildman–Crippen LogP) is 2.20. The van der Waals surface area contributed by atoms with Crippen molar-refractivity contribution in [3.63, 3.8) is 0 Å². The molecule has 1 aromatic heterocycles. The average Bonchev–Trinajstić information content (AvgIpc) is 2.87. The van der Waals surface area contributed by atoms with E-state index in [1.54, 1.807) is 14.2 Å². The minimum absolute atomic E-state index is 0.0223. The van der Waals surface area contributed by atoms with E-state index in [4.69, 9.17) is 9.47 Å². The molecule has 0 spiro atoms. The summed E-state index contributed by atoms with van der Waals surface area (Å²) in [6.07, 6.45) is -0.301. The van der Waals surface area contributed by atoms with Crippen LogP contribution in [0.2, 0.25) is 0 Å². The second-order valence-corrected chi connectivity index (χ2v) is 4.60. The Morgan fingerprint density at radius 1 is 1.25 bits per heavy atom. The molecule has 20 heavy (non-hydrogen) atoms. The number of nitrogens with one attached hydrogen (secondary N) is 2. The van der Waals surface area contributed by atoms with Gasteiger partial charge in [-0.05, 0) is 26.0 Å². The molecule has 0 bridgehead atoms. The van der Waals surface area contributed by atoms with Gasteiger partial charge in [-0.2, -0.15) is 5.10 Å². The molecule has 0 amide bonds. The van der Waals surface area contributed by atoms with Crippen LogP contribution in [0.25, 0.3) is 11.4 Å². The molecule has 2 aromatic rings. The summed E-state index contributed by atoms with van der Waals surface area (Å²) >= 11 is 0. The number of rotatable bonds is 6. The molecule has 0 fully saturated rings. The van der Waals surface area contributed by atoms with E-state index >= 15 is 0 Å². The summed E-state index contributed by atoms with van der Waals surface area (Å²) in [6, 6.07) is 7.95. The number of hydrogen-bond acceptors (Lipinski definition) is 5.